The van der Waals surface area contributed by atoms with Crippen molar-refractivity contribution in [3.8, 4) is 11.5 Å². The second-order valence-electron chi connectivity index (χ2n) is 3.97. The Hall–Kier alpha value is -2.10. The predicted octanol–water partition coefficient (Wildman–Crippen LogP) is 1.13. The molecule has 2 aliphatic carbocycles. The van der Waals surface area contributed by atoms with E-state index in [1.54, 1.807) is 0 Å². The maximum atomic E-state index is 11.6. The minimum Gasteiger partial charge on any atom is -0.507 e. The Morgan fingerprint density at radius 2 is 1.19 bits per heavy atom. The van der Waals surface area contributed by atoms with Crippen molar-refractivity contribution in [2.24, 2.45) is 0 Å². The smallest absolute Gasteiger partial charge is 0.190 e. The first-order chi connectivity index (χ1) is 7.61. The van der Waals surface area contributed by atoms with Crippen molar-refractivity contribution < 1.29 is 19.8 Å². The number of phenolic OH excluding ortho intramolecular Hbond substituents is 2. The topological polar surface area (TPSA) is 74.6 Å². The standard InChI is InChI=1S/C12H8O4/c13-7-3-4-8(14)10-9(7)11(15)5-1-2-6(5)12(10)16/h3-4,15-16H,1-2H2. The van der Waals surface area contributed by atoms with Crippen LogP contribution >= 0.6 is 0 Å². The molecule has 0 aromatic heterocycles. The van der Waals surface area contributed by atoms with Crippen LogP contribution in [0.25, 0.3) is 0 Å². The molecule has 2 aliphatic rings. The third kappa shape index (κ3) is 0.888. The average molecular weight is 216 g/mol. The molecule has 0 unspecified atom stereocenters. The van der Waals surface area contributed by atoms with Gasteiger partial charge in [-0.3, -0.25) is 9.59 Å². The molecular formula is C12H8O4. The van der Waals surface area contributed by atoms with Crippen LogP contribution in [0.5, 0.6) is 11.5 Å². The molecule has 0 atom stereocenters. The molecule has 0 spiro atoms. The Labute approximate surface area is 90.8 Å². The first-order valence-corrected chi connectivity index (χ1v) is 4.97. The second kappa shape index (κ2) is 2.72. The van der Waals surface area contributed by atoms with E-state index in [2.05, 4.69) is 0 Å². The molecule has 0 saturated carbocycles. The third-order valence-electron chi connectivity index (χ3n) is 3.16. The Balaban J connectivity index is 2.44. The summed E-state index contributed by atoms with van der Waals surface area (Å²) in [5.41, 5.74) is 1.08. The monoisotopic (exact) mass is 216 g/mol. The summed E-state index contributed by atoms with van der Waals surface area (Å²) in [5, 5.41) is 19.7. The van der Waals surface area contributed by atoms with Crippen LogP contribution in [0.15, 0.2) is 12.2 Å². The average Bonchev–Trinajstić information content (AvgIpc) is 2.17. The lowest BCUT2D eigenvalue weighted by molar-refractivity contribution is 0.0988. The van der Waals surface area contributed by atoms with Crippen molar-refractivity contribution in [1.82, 2.24) is 0 Å². The van der Waals surface area contributed by atoms with Gasteiger partial charge in [-0.1, -0.05) is 0 Å². The van der Waals surface area contributed by atoms with Gasteiger partial charge in [0, 0.05) is 11.1 Å². The van der Waals surface area contributed by atoms with Crippen LogP contribution in [-0.2, 0) is 12.8 Å². The van der Waals surface area contributed by atoms with E-state index in [0.717, 1.165) is 12.2 Å². The fourth-order valence-electron chi connectivity index (χ4n) is 2.23. The zero-order valence-electron chi connectivity index (χ0n) is 8.28. The lowest BCUT2D eigenvalue weighted by Crippen LogP contribution is -2.19. The van der Waals surface area contributed by atoms with Gasteiger partial charge in [0.1, 0.15) is 11.5 Å². The molecule has 0 saturated heterocycles. The van der Waals surface area contributed by atoms with E-state index in [0.29, 0.717) is 24.0 Å². The molecule has 0 heterocycles. The van der Waals surface area contributed by atoms with Crippen LogP contribution in [0, 0.1) is 0 Å². The Morgan fingerprint density at radius 3 is 1.50 bits per heavy atom. The number of allylic oxidation sites excluding steroid dienone is 2. The largest absolute Gasteiger partial charge is 0.507 e. The highest BCUT2D eigenvalue weighted by atomic mass is 16.3. The van der Waals surface area contributed by atoms with Crippen LogP contribution in [0.3, 0.4) is 0 Å². The molecule has 16 heavy (non-hydrogen) atoms. The van der Waals surface area contributed by atoms with E-state index in [4.69, 9.17) is 0 Å². The molecule has 0 bridgehead atoms. The minimum atomic E-state index is -0.433. The lowest BCUT2D eigenvalue weighted by Gasteiger charge is -2.26. The van der Waals surface area contributed by atoms with Crippen molar-refractivity contribution >= 4 is 11.6 Å². The highest BCUT2D eigenvalue weighted by Crippen LogP contribution is 2.45. The van der Waals surface area contributed by atoms with E-state index >= 15 is 0 Å². The second-order valence-corrected chi connectivity index (χ2v) is 3.97. The predicted molar refractivity (Wildman–Crippen MR) is 55.0 cm³/mol. The maximum absolute atomic E-state index is 11.6. The summed E-state index contributed by atoms with van der Waals surface area (Å²) in [6.07, 6.45) is 3.50. The van der Waals surface area contributed by atoms with E-state index in [1.165, 1.54) is 0 Å². The molecule has 0 fully saturated rings. The molecule has 0 radical (unpaired) electrons. The quantitative estimate of drug-likeness (QED) is 0.637. The molecule has 0 amide bonds. The summed E-state index contributed by atoms with van der Waals surface area (Å²) < 4.78 is 0. The minimum absolute atomic E-state index is 0.0524. The Kier molecular flexibility index (Phi) is 1.56. The molecule has 1 aromatic carbocycles. The molecule has 4 heteroatoms. The summed E-state index contributed by atoms with van der Waals surface area (Å²) in [7, 11) is 0. The van der Waals surface area contributed by atoms with Gasteiger partial charge in [-0.15, -0.1) is 0 Å². The van der Waals surface area contributed by atoms with Gasteiger partial charge in [-0.05, 0) is 25.0 Å². The van der Waals surface area contributed by atoms with Crippen LogP contribution in [0.1, 0.15) is 31.8 Å². The fraction of sp³-hybridized carbons (Fsp3) is 0.167. The third-order valence-corrected chi connectivity index (χ3v) is 3.16. The maximum Gasteiger partial charge on any atom is 0.190 e. The van der Waals surface area contributed by atoms with Crippen molar-refractivity contribution in [2.45, 2.75) is 12.8 Å². The number of carbonyl (C=O) groups excluding carboxylic acids is 2. The molecule has 1 aromatic rings. The van der Waals surface area contributed by atoms with Crippen LogP contribution in [0.2, 0.25) is 0 Å². The van der Waals surface area contributed by atoms with Crippen molar-refractivity contribution in [1.29, 1.82) is 0 Å². The molecule has 0 aliphatic heterocycles. The molecule has 3 rings (SSSR count). The van der Waals surface area contributed by atoms with Crippen molar-refractivity contribution in [3.05, 3.63) is 34.4 Å². The number of phenols is 2. The summed E-state index contributed by atoms with van der Waals surface area (Å²) >= 11 is 0. The van der Waals surface area contributed by atoms with Gasteiger partial charge in [-0.25, -0.2) is 0 Å². The van der Waals surface area contributed by atoms with Gasteiger partial charge in [0.25, 0.3) is 0 Å². The number of hydrogen-bond donors (Lipinski definition) is 2. The van der Waals surface area contributed by atoms with Crippen LogP contribution in [0.4, 0.5) is 0 Å². The number of hydrogen-bond acceptors (Lipinski definition) is 4. The van der Waals surface area contributed by atoms with Crippen LogP contribution in [-0.4, -0.2) is 21.8 Å². The highest BCUT2D eigenvalue weighted by Gasteiger charge is 2.34. The van der Waals surface area contributed by atoms with Gasteiger partial charge in [0.15, 0.2) is 11.6 Å². The summed E-state index contributed by atoms with van der Waals surface area (Å²) in [6, 6.07) is 0. The Bertz CT molecular complexity index is 530. The highest BCUT2D eigenvalue weighted by molar-refractivity contribution is 6.24. The number of fused-ring (bicyclic) bond motifs is 2. The van der Waals surface area contributed by atoms with E-state index in [1.807, 2.05) is 0 Å². The lowest BCUT2D eigenvalue weighted by atomic mass is 9.79. The zero-order valence-corrected chi connectivity index (χ0v) is 8.28. The van der Waals surface area contributed by atoms with Gasteiger partial charge in [0.05, 0.1) is 11.1 Å². The number of rotatable bonds is 0. The van der Waals surface area contributed by atoms with E-state index in [9.17, 15) is 19.8 Å². The Morgan fingerprint density at radius 1 is 0.812 bits per heavy atom. The van der Waals surface area contributed by atoms with Gasteiger partial charge >= 0.3 is 0 Å². The molecular weight excluding hydrogens is 208 g/mol. The SMILES string of the molecule is O=C1C=CC(=O)c2c(O)c3c(c(O)c21)CC3. The fourth-order valence-corrected chi connectivity index (χ4v) is 2.23. The first kappa shape index (κ1) is 9.15. The van der Waals surface area contributed by atoms with E-state index in [-0.39, 0.29) is 22.6 Å². The van der Waals surface area contributed by atoms with Crippen molar-refractivity contribution in [2.75, 3.05) is 0 Å². The van der Waals surface area contributed by atoms with E-state index < -0.39 is 11.6 Å². The summed E-state index contributed by atoms with van der Waals surface area (Å²) in [4.78, 5) is 23.2. The number of ketones is 2. The molecule has 2 N–H and O–H groups in total. The number of benzene rings is 1. The van der Waals surface area contributed by atoms with Gasteiger partial charge < -0.3 is 10.2 Å². The number of aromatic hydroxyl groups is 2. The summed E-state index contributed by atoms with van der Waals surface area (Å²) in [6.45, 7) is 0. The number of carbonyl (C=O) groups is 2. The molecule has 80 valence electrons. The normalized spacial score (nSPS) is 16.8. The zero-order chi connectivity index (χ0) is 11.4. The van der Waals surface area contributed by atoms with Gasteiger partial charge in [0.2, 0.25) is 0 Å². The summed E-state index contributed by atoms with van der Waals surface area (Å²) in [5.74, 6) is -1.15. The van der Waals surface area contributed by atoms with Crippen molar-refractivity contribution in [3.63, 3.8) is 0 Å². The van der Waals surface area contributed by atoms with Gasteiger partial charge in [-0.2, -0.15) is 0 Å². The molecule has 4 nitrogen and oxygen atoms in total. The van der Waals surface area contributed by atoms with Crippen LogP contribution < -0.4 is 0 Å². The first-order valence-electron chi connectivity index (χ1n) is 4.97.